The molecule has 2 amide bonds. The highest BCUT2D eigenvalue weighted by atomic mass is 16.6. The van der Waals surface area contributed by atoms with Gasteiger partial charge < -0.3 is 10.6 Å². The second-order valence-electron chi connectivity index (χ2n) is 12.8. The first-order valence-corrected chi connectivity index (χ1v) is 17.5. The smallest absolute Gasteiger partial charge is 0.301 e. The molecule has 0 spiro atoms. The average Bonchev–Trinajstić information content (AvgIpc) is 3.20. The standard InChI is InChI=1S/C38H34N12O10/c1-21-11-7-12-22(2)31(21)39-37(45-43-33-27(47(53)54)17-9-18-28(33)48(55)56)41-35(51)25-15-5-6-16-26(25)36(52)42-38(40-32-23(3)13-8-14-24(32)4)46-44-34-29(49(57)58)19-10-20-30(34)50(59)60/h5-20,43-44H,1-4H3,(H2,39,41,45,51)(H2,40,42,46,52). The number of para-hydroxylation sites is 4. The number of aryl methyl sites for hydroxylation is 4. The van der Waals surface area contributed by atoms with Crippen molar-refractivity contribution in [3.63, 3.8) is 0 Å². The Morgan fingerprint density at radius 3 is 1.00 bits per heavy atom. The van der Waals surface area contributed by atoms with Crippen LogP contribution in [-0.4, -0.2) is 43.4 Å². The number of rotatable bonds is 12. The van der Waals surface area contributed by atoms with E-state index in [-0.39, 0.29) is 23.0 Å². The van der Waals surface area contributed by atoms with Gasteiger partial charge in [-0.15, -0.1) is 10.2 Å². The van der Waals surface area contributed by atoms with Crippen molar-refractivity contribution >= 4 is 69.2 Å². The van der Waals surface area contributed by atoms with Crippen molar-refractivity contribution in [2.24, 2.45) is 10.2 Å². The van der Waals surface area contributed by atoms with Crippen LogP contribution in [0, 0.1) is 68.2 Å². The maximum atomic E-state index is 14.0. The molecule has 0 aromatic heterocycles. The summed E-state index contributed by atoms with van der Waals surface area (Å²) < 4.78 is 0. The first-order chi connectivity index (χ1) is 28.6. The molecule has 0 saturated heterocycles. The number of nitro benzene ring substituents is 4. The topological polar surface area (TPSA) is 304 Å². The molecule has 5 aromatic rings. The second-order valence-corrected chi connectivity index (χ2v) is 12.8. The number of nitrogens with one attached hydrogen (secondary N) is 6. The van der Waals surface area contributed by atoms with Gasteiger partial charge in [-0.2, -0.15) is 0 Å². The Balaban J connectivity index is 1.53. The number of nitrogens with zero attached hydrogens (tertiary/aromatic N) is 6. The third-order valence-electron chi connectivity index (χ3n) is 8.72. The largest absolute Gasteiger partial charge is 0.324 e. The maximum Gasteiger partial charge on any atom is 0.301 e. The van der Waals surface area contributed by atoms with E-state index in [9.17, 15) is 50.0 Å². The van der Waals surface area contributed by atoms with Crippen molar-refractivity contribution in [1.82, 2.24) is 10.6 Å². The lowest BCUT2D eigenvalue weighted by Gasteiger charge is -2.18. The van der Waals surface area contributed by atoms with Gasteiger partial charge in [0.2, 0.25) is 23.3 Å². The Morgan fingerprint density at radius 2 is 0.717 bits per heavy atom. The van der Waals surface area contributed by atoms with E-state index in [0.29, 0.717) is 33.6 Å². The molecule has 0 aliphatic heterocycles. The van der Waals surface area contributed by atoms with Crippen LogP contribution in [0.5, 0.6) is 0 Å². The number of nitro groups is 4. The molecule has 5 rings (SSSR count). The van der Waals surface area contributed by atoms with E-state index in [2.05, 4.69) is 42.3 Å². The van der Waals surface area contributed by atoms with E-state index >= 15 is 0 Å². The number of amides is 2. The van der Waals surface area contributed by atoms with Crippen molar-refractivity contribution in [3.8, 4) is 0 Å². The number of benzene rings is 5. The molecule has 6 N–H and O–H groups in total. The van der Waals surface area contributed by atoms with Crippen molar-refractivity contribution < 1.29 is 29.3 Å². The summed E-state index contributed by atoms with van der Waals surface area (Å²) in [7, 11) is 0. The number of hydrogen-bond donors (Lipinski definition) is 6. The van der Waals surface area contributed by atoms with Crippen LogP contribution < -0.4 is 32.1 Å². The van der Waals surface area contributed by atoms with Crippen LogP contribution in [0.4, 0.5) is 45.5 Å². The molecule has 0 fully saturated rings. The molecule has 0 unspecified atom stereocenters. The summed E-state index contributed by atoms with van der Waals surface area (Å²) in [5.41, 5.74) is 4.03. The van der Waals surface area contributed by atoms with Gasteiger partial charge in [-0.05, 0) is 74.2 Å². The zero-order valence-electron chi connectivity index (χ0n) is 32.0. The number of hydrazone groups is 2. The minimum absolute atomic E-state index is 0.239. The summed E-state index contributed by atoms with van der Waals surface area (Å²) >= 11 is 0. The zero-order chi connectivity index (χ0) is 43.7. The molecule has 22 nitrogen and oxygen atoms in total. The van der Waals surface area contributed by atoms with Crippen LogP contribution in [0.25, 0.3) is 0 Å². The Labute approximate surface area is 339 Å². The van der Waals surface area contributed by atoms with Gasteiger partial charge >= 0.3 is 22.7 Å². The van der Waals surface area contributed by atoms with Gasteiger partial charge in [0.15, 0.2) is 0 Å². The van der Waals surface area contributed by atoms with E-state index in [4.69, 9.17) is 0 Å². The minimum Gasteiger partial charge on any atom is -0.324 e. The quantitative estimate of drug-likeness (QED) is 0.0320. The molecular weight excluding hydrogens is 784 g/mol. The summed E-state index contributed by atoms with van der Waals surface area (Å²) in [4.78, 5) is 71.9. The molecule has 0 aliphatic carbocycles. The number of guanidine groups is 2. The van der Waals surface area contributed by atoms with Crippen molar-refractivity contribution in [2.45, 2.75) is 27.7 Å². The van der Waals surface area contributed by atoms with Gasteiger partial charge in [0.1, 0.15) is 0 Å². The van der Waals surface area contributed by atoms with Crippen LogP contribution in [0.3, 0.4) is 0 Å². The first kappa shape index (κ1) is 42.3. The lowest BCUT2D eigenvalue weighted by Crippen LogP contribution is -2.40. The van der Waals surface area contributed by atoms with Gasteiger partial charge in [-0.3, -0.25) is 71.5 Å². The van der Waals surface area contributed by atoms with Crippen molar-refractivity contribution in [3.05, 3.63) is 171 Å². The lowest BCUT2D eigenvalue weighted by atomic mass is 10.1. The Bertz CT molecular complexity index is 2350. The van der Waals surface area contributed by atoms with Crippen LogP contribution in [0.15, 0.2) is 107 Å². The highest BCUT2D eigenvalue weighted by molar-refractivity contribution is 6.17. The highest BCUT2D eigenvalue weighted by Crippen LogP contribution is 2.35. The molecule has 60 heavy (non-hydrogen) atoms. The van der Waals surface area contributed by atoms with Crippen LogP contribution >= 0.6 is 0 Å². The number of carbonyl (C=O) groups excluding carboxylic acids is 2. The molecule has 306 valence electrons. The highest BCUT2D eigenvalue weighted by Gasteiger charge is 2.27. The lowest BCUT2D eigenvalue weighted by molar-refractivity contribution is -0.392. The second kappa shape index (κ2) is 18.4. The first-order valence-electron chi connectivity index (χ1n) is 17.5. The van der Waals surface area contributed by atoms with Crippen LogP contribution in [0.1, 0.15) is 43.0 Å². The molecule has 0 aliphatic rings. The predicted octanol–water partition coefficient (Wildman–Crippen LogP) is 7.00. The van der Waals surface area contributed by atoms with Gasteiger partial charge in [0.05, 0.1) is 30.8 Å². The average molecular weight is 819 g/mol. The normalized spacial score (nSPS) is 11.2. The van der Waals surface area contributed by atoms with E-state index in [1.165, 1.54) is 24.3 Å². The molecule has 0 heterocycles. The predicted molar refractivity (Wildman–Crippen MR) is 222 cm³/mol. The number of carbonyl (C=O) groups is 2. The zero-order valence-corrected chi connectivity index (χ0v) is 32.0. The molecular formula is C38H34N12O10. The van der Waals surface area contributed by atoms with Crippen molar-refractivity contribution in [1.29, 1.82) is 0 Å². The summed E-state index contributed by atoms with van der Waals surface area (Å²) in [5, 5.41) is 66.3. The van der Waals surface area contributed by atoms with Crippen LogP contribution in [0.2, 0.25) is 0 Å². The summed E-state index contributed by atoms with van der Waals surface area (Å²) in [5.74, 6) is -2.64. The fourth-order valence-electron chi connectivity index (χ4n) is 5.78. The van der Waals surface area contributed by atoms with E-state index in [1.807, 2.05) is 0 Å². The van der Waals surface area contributed by atoms with Crippen molar-refractivity contribution in [2.75, 3.05) is 21.5 Å². The van der Waals surface area contributed by atoms with Crippen LogP contribution in [-0.2, 0) is 0 Å². The monoisotopic (exact) mass is 818 g/mol. The van der Waals surface area contributed by atoms with E-state index in [0.717, 1.165) is 36.4 Å². The fraction of sp³-hybridized carbons (Fsp3) is 0.105. The molecule has 0 atom stereocenters. The number of hydrogen-bond acceptors (Lipinski definition) is 14. The Morgan fingerprint density at radius 1 is 0.433 bits per heavy atom. The molecule has 0 bridgehead atoms. The van der Waals surface area contributed by atoms with Gasteiger partial charge in [0, 0.05) is 35.6 Å². The summed E-state index contributed by atoms with van der Waals surface area (Å²) in [6.45, 7) is 7.01. The third-order valence-corrected chi connectivity index (χ3v) is 8.72. The Hall–Kier alpha value is -8.82. The molecule has 0 radical (unpaired) electrons. The summed E-state index contributed by atoms with van der Waals surface area (Å²) in [6, 6.07) is 22.4. The van der Waals surface area contributed by atoms with Gasteiger partial charge in [-0.1, -0.05) is 48.5 Å². The maximum absolute atomic E-state index is 14.0. The fourth-order valence-corrected chi connectivity index (χ4v) is 5.78. The molecule has 22 heteroatoms. The third kappa shape index (κ3) is 9.76. The van der Waals surface area contributed by atoms with E-state index in [1.54, 1.807) is 64.1 Å². The minimum atomic E-state index is -0.938. The molecule has 0 saturated carbocycles. The number of anilines is 4. The summed E-state index contributed by atoms with van der Waals surface area (Å²) in [6.07, 6.45) is 0. The van der Waals surface area contributed by atoms with Gasteiger partial charge in [-0.25, -0.2) is 0 Å². The van der Waals surface area contributed by atoms with Gasteiger partial charge in [0.25, 0.3) is 11.8 Å². The molecule has 5 aromatic carbocycles. The van der Waals surface area contributed by atoms with E-state index < -0.39 is 65.6 Å². The Kier molecular flexibility index (Phi) is 13.0. The SMILES string of the molecule is Cc1cccc(C)c1N/C(=N/Nc1c([N+](=O)[O-])cccc1[N+](=O)[O-])NC(=O)c1ccccc1C(=O)N/C(=N\Nc1c([N+](=O)[O-])cccc1[N+](=O)[O-])Nc1c(C)cccc1C.